The van der Waals surface area contributed by atoms with Crippen LogP contribution in [0.2, 0.25) is 0 Å². The number of hydrogen-bond acceptors (Lipinski definition) is 0. The molecule has 0 aliphatic rings. The topological polar surface area (TPSA) is 103 Å². The van der Waals surface area contributed by atoms with Crippen LogP contribution >= 0.6 is 0 Å². The average molecular weight is 268 g/mol. The van der Waals surface area contributed by atoms with Crippen molar-refractivity contribution in [3.63, 3.8) is 0 Å². The third-order valence-corrected chi connectivity index (χ3v) is 2.59. The highest BCUT2D eigenvalue weighted by Crippen LogP contribution is 2.05. The summed E-state index contributed by atoms with van der Waals surface area (Å²) in [6.07, 6.45) is 14.6. The Labute approximate surface area is 109 Å². The smallest absolute Gasteiger partial charge is 0.243 e. The lowest BCUT2D eigenvalue weighted by atomic mass is 10.1. The number of unbranched alkanes of at least 4 members (excludes halogenated alkanes) is 5. The molecule has 0 fully saturated rings. The lowest BCUT2D eigenvalue weighted by molar-refractivity contribution is -0.671. The fraction of sp³-hybridized carbons (Fsp3) is 0.750. The van der Waals surface area contributed by atoms with Crippen LogP contribution in [-0.4, -0.2) is 21.0 Å². The Morgan fingerprint density at radius 1 is 0.944 bits per heavy atom. The molecule has 0 aliphatic heterocycles. The van der Waals surface area contributed by atoms with E-state index in [0.29, 0.717) is 0 Å². The van der Waals surface area contributed by atoms with Crippen LogP contribution in [0, 0.1) is 0 Å². The zero-order chi connectivity index (χ0) is 10.2. The van der Waals surface area contributed by atoms with Crippen LogP contribution in [0.3, 0.4) is 0 Å². The Hall–Kier alpha value is -0.980. The second-order valence-corrected chi connectivity index (χ2v) is 4.08. The lowest BCUT2D eigenvalue weighted by Gasteiger charge is -1.98. The van der Waals surface area contributed by atoms with Gasteiger partial charge in [0.1, 0.15) is 12.4 Å². The van der Waals surface area contributed by atoms with Crippen molar-refractivity contribution in [2.75, 3.05) is 0 Å². The maximum Gasteiger partial charge on any atom is 0.243 e. The molecular formula is C12H29FN2O3. The van der Waals surface area contributed by atoms with Crippen molar-refractivity contribution < 1.29 is 25.7 Å². The summed E-state index contributed by atoms with van der Waals surface area (Å²) in [5.41, 5.74) is 0. The molecule has 1 heterocycles. The number of imidazole rings is 1. The molecule has 18 heavy (non-hydrogen) atoms. The van der Waals surface area contributed by atoms with Crippen molar-refractivity contribution in [3.05, 3.63) is 18.7 Å². The highest BCUT2D eigenvalue weighted by molar-refractivity contribution is 4.65. The van der Waals surface area contributed by atoms with E-state index in [9.17, 15) is 0 Å². The quantitative estimate of drug-likeness (QED) is 0.377. The summed E-state index contributed by atoms with van der Waals surface area (Å²) >= 11 is 0. The molecule has 0 radical (unpaired) electrons. The lowest BCUT2D eigenvalue weighted by Crippen LogP contribution is -3.00. The third-order valence-electron chi connectivity index (χ3n) is 2.59. The van der Waals surface area contributed by atoms with E-state index in [1.165, 1.54) is 45.1 Å². The predicted molar refractivity (Wildman–Crippen MR) is 69.8 cm³/mol. The molecule has 0 aromatic carbocycles. The summed E-state index contributed by atoms with van der Waals surface area (Å²) in [4.78, 5) is 0. The van der Waals surface area contributed by atoms with Gasteiger partial charge >= 0.3 is 0 Å². The summed E-state index contributed by atoms with van der Waals surface area (Å²) < 4.78 is 4.36. The minimum Gasteiger partial charge on any atom is -1.00 e. The van der Waals surface area contributed by atoms with Crippen LogP contribution < -0.4 is 9.27 Å². The van der Waals surface area contributed by atoms with E-state index in [0.717, 1.165) is 0 Å². The molecule has 5 nitrogen and oxygen atoms in total. The molecule has 0 bridgehead atoms. The van der Waals surface area contributed by atoms with Crippen LogP contribution in [0.5, 0.6) is 0 Å². The van der Waals surface area contributed by atoms with Crippen molar-refractivity contribution in [1.29, 1.82) is 0 Å². The summed E-state index contributed by atoms with van der Waals surface area (Å²) in [6.45, 7) is 3.44. The summed E-state index contributed by atoms with van der Waals surface area (Å²) in [5.74, 6) is 0. The summed E-state index contributed by atoms with van der Waals surface area (Å²) in [7, 11) is 2.07. The maximum atomic E-state index is 2.26. The van der Waals surface area contributed by atoms with E-state index in [2.05, 4.69) is 41.8 Å². The van der Waals surface area contributed by atoms with Gasteiger partial charge in [-0.15, -0.1) is 0 Å². The molecule has 1 aromatic heterocycles. The SMILES string of the molecule is CCCCCCCCn1cc[n+](C)c1.O.O.O.[F-]. The molecule has 0 aliphatic carbocycles. The number of halogens is 1. The van der Waals surface area contributed by atoms with E-state index in [1.54, 1.807) is 0 Å². The normalized spacial score (nSPS) is 8.33. The molecule has 112 valence electrons. The van der Waals surface area contributed by atoms with Crippen molar-refractivity contribution in [3.8, 4) is 0 Å². The number of aryl methyl sites for hydroxylation is 2. The summed E-state index contributed by atoms with van der Waals surface area (Å²) in [5, 5.41) is 0. The van der Waals surface area contributed by atoms with Crippen molar-refractivity contribution >= 4 is 0 Å². The molecule has 6 heteroatoms. The first-order chi connectivity index (χ1) is 6.83. The fourth-order valence-electron chi connectivity index (χ4n) is 1.71. The van der Waals surface area contributed by atoms with Gasteiger partial charge in [-0.05, 0) is 12.8 Å². The average Bonchev–Trinajstić information content (AvgIpc) is 2.58. The van der Waals surface area contributed by atoms with Crippen LogP contribution in [-0.2, 0) is 13.6 Å². The second kappa shape index (κ2) is 16.0. The molecule has 1 rings (SSSR count). The molecule has 0 unspecified atom stereocenters. The molecular weight excluding hydrogens is 239 g/mol. The van der Waals surface area contributed by atoms with Crippen LogP contribution in [0.25, 0.3) is 0 Å². The van der Waals surface area contributed by atoms with Gasteiger partial charge in [0, 0.05) is 0 Å². The van der Waals surface area contributed by atoms with Gasteiger partial charge < -0.3 is 21.1 Å². The molecule has 0 spiro atoms. The first kappa shape index (κ1) is 25.8. The van der Waals surface area contributed by atoms with Crippen molar-refractivity contribution in [2.45, 2.75) is 52.0 Å². The van der Waals surface area contributed by atoms with E-state index < -0.39 is 0 Å². The zero-order valence-corrected chi connectivity index (χ0v) is 11.5. The van der Waals surface area contributed by atoms with E-state index in [4.69, 9.17) is 0 Å². The molecule has 0 saturated heterocycles. The Balaban J connectivity index is -0.000000245. The predicted octanol–water partition coefficient (Wildman–Crippen LogP) is -2.80. The first-order valence-corrected chi connectivity index (χ1v) is 5.84. The Morgan fingerprint density at radius 3 is 2.00 bits per heavy atom. The third kappa shape index (κ3) is 11.5. The minimum atomic E-state index is 0. The van der Waals surface area contributed by atoms with Gasteiger partial charge in [0.05, 0.1) is 13.6 Å². The van der Waals surface area contributed by atoms with Crippen molar-refractivity contribution in [1.82, 2.24) is 4.57 Å². The molecule has 0 saturated carbocycles. The van der Waals surface area contributed by atoms with Gasteiger partial charge in [0.2, 0.25) is 6.33 Å². The first-order valence-electron chi connectivity index (χ1n) is 5.84. The van der Waals surface area contributed by atoms with Crippen LogP contribution in [0.15, 0.2) is 18.7 Å². The van der Waals surface area contributed by atoms with E-state index in [1.807, 2.05) is 0 Å². The Morgan fingerprint density at radius 2 is 1.50 bits per heavy atom. The van der Waals surface area contributed by atoms with E-state index in [-0.39, 0.29) is 21.1 Å². The minimum absolute atomic E-state index is 0. The Kier molecular flexibility index (Phi) is 22.9. The van der Waals surface area contributed by atoms with Gasteiger partial charge in [-0.1, -0.05) is 32.6 Å². The standard InChI is InChI=1S/C12H23N2.FH.3H2O/c1-3-4-5-6-7-8-9-14-11-10-13(2)12-14;;;;/h10-12H,3-9H2,1-2H3;1H;3*1H2/q+1;;;;/p-1. The molecule has 1 aromatic rings. The number of nitrogens with zero attached hydrogens (tertiary/aromatic N) is 2. The fourth-order valence-corrected chi connectivity index (χ4v) is 1.71. The number of hydrogen-bond donors (Lipinski definition) is 0. The highest BCUT2D eigenvalue weighted by atomic mass is 19.0. The monoisotopic (exact) mass is 268 g/mol. The maximum absolute atomic E-state index is 2.26. The van der Waals surface area contributed by atoms with Gasteiger partial charge in [0.25, 0.3) is 0 Å². The van der Waals surface area contributed by atoms with E-state index >= 15 is 0 Å². The van der Waals surface area contributed by atoms with Crippen LogP contribution in [0.4, 0.5) is 0 Å². The van der Waals surface area contributed by atoms with Crippen molar-refractivity contribution in [2.24, 2.45) is 7.05 Å². The van der Waals surface area contributed by atoms with Gasteiger partial charge in [-0.25, -0.2) is 9.13 Å². The molecule has 0 atom stereocenters. The van der Waals surface area contributed by atoms with Gasteiger partial charge in [-0.2, -0.15) is 0 Å². The van der Waals surface area contributed by atoms with Crippen LogP contribution in [0.1, 0.15) is 45.4 Å². The summed E-state index contributed by atoms with van der Waals surface area (Å²) in [6, 6.07) is 0. The largest absolute Gasteiger partial charge is 1.00 e. The molecule has 0 amide bonds. The van der Waals surface area contributed by atoms with Gasteiger partial charge in [0.15, 0.2) is 0 Å². The number of aromatic nitrogens is 2. The number of rotatable bonds is 7. The zero-order valence-electron chi connectivity index (χ0n) is 11.5. The van der Waals surface area contributed by atoms with Gasteiger partial charge in [-0.3, -0.25) is 0 Å². The molecule has 6 N–H and O–H groups in total. The Bertz CT molecular complexity index is 257. The highest BCUT2D eigenvalue weighted by Gasteiger charge is 1.98. The second-order valence-electron chi connectivity index (χ2n) is 4.08.